The fourth-order valence-electron chi connectivity index (χ4n) is 2.20. The first-order valence-corrected chi connectivity index (χ1v) is 8.02. The monoisotopic (exact) mass is 280 g/mol. The van der Waals surface area contributed by atoms with Crippen molar-refractivity contribution in [3.05, 3.63) is 18.7 Å². The van der Waals surface area contributed by atoms with Crippen molar-refractivity contribution in [3.8, 4) is 0 Å². The van der Waals surface area contributed by atoms with Gasteiger partial charge in [-0.3, -0.25) is 4.99 Å². The molecular formula is C14H24N4S. The summed E-state index contributed by atoms with van der Waals surface area (Å²) in [7, 11) is 0. The highest BCUT2D eigenvalue weighted by atomic mass is 32.2. The number of imidazole rings is 1. The Balaban J connectivity index is 1.52. The highest BCUT2D eigenvalue weighted by Gasteiger charge is 2.19. The van der Waals surface area contributed by atoms with Crippen LogP contribution in [0.1, 0.15) is 33.1 Å². The van der Waals surface area contributed by atoms with Gasteiger partial charge in [0.05, 0.1) is 12.9 Å². The first-order chi connectivity index (χ1) is 9.24. The Hall–Kier alpha value is -0.970. The summed E-state index contributed by atoms with van der Waals surface area (Å²) in [5.41, 5.74) is 0. The van der Waals surface area contributed by atoms with E-state index in [1.165, 1.54) is 19.3 Å². The van der Waals surface area contributed by atoms with E-state index < -0.39 is 0 Å². The van der Waals surface area contributed by atoms with Gasteiger partial charge in [-0.1, -0.05) is 25.6 Å². The van der Waals surface area contributed by atoms with Gasteiger partial charge in [-0.2, -0.15) is 0 Å². The van der Waals surface area contributed by atoms with Crippen molar-refractivity contribution < 1.29 is 0 Å². The SMILES string of the molecule is CC(C)CC1CN=C(NCCCCn2ccnc2)S1. The fourth-order valence-corrected chi connectivity index (χ4v) is 3.48. The van der Waals surface area contributed by atoms with Gasteiger partial charge >= 0.3 is 0 Å². The summed E-state index contributed by atoms with van der Waals surface area (Å²) in [5.74, 6) is 0.766. The molecule has 1 aromatic heterocycles. The molecule has 0 aromatic carbocycles. The molecule has 5 heteroatoms. The third-order valence-electron chi connectivity index (χ3n) is 3.13. The number of nitrogens with one attached hydrogen (secondary N) is 1. The van der Waals surface area contributed by atoms with Gasteiger partial charge in [0.1, 0.15) is 0 Å². The molecule has 106 valence electrons. The average molecular weight is 280 g/mol. The van der Waals surface area contributed by atoms with Gasteiger partial charge in [0.25, 0.3) is 0 Å². The molecule has 0 amide bonds. The van der Waals surface area contributed by atoms with Gasteiger partial charge in [-0.05, 0) is 25.2 Å². The van der Waals surface area contributed by atoms with E-state index in [0.717, 1.165) is 30.7 Å². The fraction of sp³-hybridized carbons (Fsp3) is 0.714. The maximum atomic E-state index is 4.57. The summed E-state index contributed by atoms with van der Waals surface area (Å²) in [5, 5.41) is 5.29. The second-order valence-corrected chi connectivity index (χ2v) is 6.74. The number of unbranched alkanes of at least 4 members (excludes halogenated alkanes) is 1. The second-order valence-electron chi connectivity index (χ2n) is 5.45. The van der Waals surface area contributed by atoms with Crippen LogP contribution in [0, 0.1) is 5.92 Å². The number of rotatable bonds is 7. The molecule has 0 radical (unpaired) electrons. The van der Waals surface area contributed by atoms with Gasteiger partial charge in [0.15, 0.2) is 5.17 Å². The normalized spacial score (nSPS) is 18.9. The van der Waals surface area contributed by atoms with Gasteiger partial charge in [-0.15, -0.1) is 0 Å². The lowest BCUT2D eigenvalue weighted by molar-refractivity contribution is 0.575. The largest absolute Gasteiger partial charge is 0.365 e. The van der Waals surface area contributed by atoms with Crippen LogP contribution in [0.5, 0.6) is 0 Å². The maximum absolute atomic E-state index is 4.57. The number of aromatic nitrogens is 2. The number of nitrogens with zero attached hydrogens (tertiary/aromatic N) is 3. The van der Waals surface area contributed by atoms with E-state index in [0.29, 0.717) is 5.25 Å². The minimum atomic E-state index is 0.688. The molecule has 0 aliphatic carbocycles. The van der Waals surface area contributed by atoms with Crippen LogP contribution in [-0.4, -0.2) is 33.1 Å². The smallest absolute Gasteiger partial charge is 0.156 e. The van der Waals surface area contributed by atoms with Gasteiger partial charge in [0, 0.05) is 30.7 Å². The molecule has 1 unspecified atom stereocenters. The number of aryl methyl sites for hydroxylation is 1. The molecule has 19 heavy (non-hydrogen) atoms. The van der Waals surface area contributed by atoms with Gasteiger partial charge in [-0.25, -0.2) is 4.98 Å². The molecule has 4 nitrogen and oxygen atoms in total. The Bertz CT molecular complexity index is 386. The molecule has 0 saturated heterocycles. The van der Waals surface area contributed by atoms with E-state index >= 15 is 0 Å². The number of amidine groups is 1. The van der Waals surface area contributed by atoms with Crippen LogP contribution in [0.25, 0.3) is 0 Å². The van der Waals surface area contributed by atoms with Crippen LogP contribution in [0.4, 0.5) is 0 Å². The molecule has 0 spiro atoms. The highest BCUT2D eigenvalue weighted by Crippen LogP contribution is 2.25. The van der Waals surface area contributed by atoms with Crippen molar-refractivity contribution >= 4 is 16.9 Å². The molecule has 2 rings (SSSR count). The van der Waals surface area contributed by atoms with Crippen LogP contribution >= 0.6 is 11.8 Å². The van der Waals surface area contributed by atoms with Crippen LogP contribution in [0.3, 0.4) is 0 Å². The lowest BCUT2D eigenvalue weighted by Gasteiger charge is -2.11. The topological polar surface area (TPSA) is 42.2 Å². The Labute approximate surface area is 120 Å². The van der Waals surface area contributed by atoms with E-state index in [9.17, 15) is 0 Å². The van der Waals surface area contributed by atoms with E-state index in [1.807, 2.05) is 30.5 Å². The van der Waals surface area contributed by atoms with Crippen LogP contribution in [0.15, 0.2) is 23.7 Å². The molecule has 1 N–H and O–H groups in total. The summed E-state index contributed by atoms with van der Waals surface area (Å²) in [6.07, 6.45) is 9.34. The molecule has 0 saturated carbocycles. The van der Waals surface area contributed by atoms with E-state index in [4.69, 9.17) is 0 Å². The zero-order valence-electron chi connectivity index (χ0n) is 11.9. The Morgan fingerprint density at radius 1 is 1.47 bits per heavy atom. The summed E-state index contributed by atoms with van der Waals surface area (Å²) in [6, 6.07) is 0. The minimum Gasteiger partial charge on any atom is -0.365 e. The highest BCUT2D eigenvalue weighted by molar-refractivity contribution is 8.14. The van der Waals surface area contributed by atoms with Gasteiger partial charge < -0.3 is 9.88 Å². The number of hydrogen-bond acceptors (Lipinski definition) is 4. The van der Waals surface area contributed by atoms with Crippen molar-refractivity contribution in [1.82, 2.24) is 14.9 Å². The van der Waals surface area contributed by atoms with Crippen molar-refractivity contribution in [1.29, 1.82) is 0 Å². The number of aliphatic imine (C=N–C) groups is 1. The van der Waals surface area contributed by atoms with E-state index in [-0.39, 0.29) is 0 Å². The standard InChI is InChI=1S/C14H24N4S/c1-12(2)9-13-10-17-14(19-13)16-5-3-4-7-18-8-6-15-11-18/h6,8,11-13H,3-5,7,9-10H2,1-2H3,(H,16,17). The molecule has 1 aliphatic rings. The lowest BCUT2D eigenvalue weighted by Crippen LogP contribution is -2.21. The first kappa shape index (κ1) is 14.4. The van der Waals surface area contributed by atoms with Crippen molar-refractivity contribution in [3.63, 3.8) is 0 Å². The Morgan fingerprint density at radius 2 is 2.37 bits per heavy atom. The zero-order valence-corrected chi connectivity index (χ0v) is 12.7. The predicted molar refractivity (Wildman–Crippen MR) is 82.6 cm³/mol. The quantitative estimate of drug-likeness (QED) is 0.781. The first-order valence-electron chi connectivity index (χ1n) is 7.15. The molecule has 0 fully saturated rings. The zero-order chi connectivity index (χ0) is 13.5. The van der Waals surface area contributed by atoms with E-state index in [2.05, 4.69) is 33.7 Å². The second kappa shape index (κ2) is 7.58. The van der Waals surface area contributed by atoms with Crippen LogP contribution in [-0.2, 0) is 6.54 Å². The molecule has 1 atom stereocenters. The molecular weight excluding hydrogens is 256 g/mol. The lowest BCUT2D eigenvalue weighted by atomic mass is 10.1. The molecule has 1 aromatic rings. The molecule has 1 aliphatic heterocycles. The Morgan fingerprint density at radius 3 is 3.11 bits per heavy atom. The van der Waals surface area contributed by atoms with Gasteiger partial charge in [0.2, 0.25) is 0 Å². The van der Waals surface area contributed by atoms with Crippen LogP contribution in [0.2, 0.25) is 0 Å². The maximum Gasteiger partial charge on any atom is 0.156 e. The number of hydrogen-bond donors (Lipinski definition) is 1. The number of thioether (sulfide) groups is 1. The average Bonchev–Trinajstić information content (AvgIpc) is 3.00. The third-order valence-corrected chi connectivity index (χ3v) is 4.30. The van der Waals surface area contributed by atoms with E-state index in [1.54, 1.807) is 0 Å². The molecule has 2 heterocycles. The summed E-state index contributed by atoms with van der Waals surface area (Å²) >= 11 is 1.92. The van der Waals surface area contributed by atoms with Crippen molar-refractivity contribution in [2.45, 2.75) is 44.9 Å². The Kier molecular flexibility index (Phi) is 5.76. The summed E-state index contributed by atoms with van der Waals surface area (Å²) < 4.78 is 2.13. The van der Waals surface area contributed by atoms with Crippen LogP contribution < -0.4 is 5.32 Å². The summed E-state index contributed by atoms with van der Waals surface area (Å²) in [6.45, 7) is 7.62. The minimum absolute atomic E-state index is 0.688. The molecule has 0 bridgehead atoms. The summed E-state index contributed by atoms with van der Waals surface area (Å²) in [4.78, 5) is 8.61. The predicted octanol–water partition coefficient (Wildman–Crippen LogP) is 2.77. The third kappa shape index (κ3) is 5.27. The van der Waals surface area contributed by atoms with Crippen molar-refractivity contribution in [2.75, 3.05) is 13.1 Å². The van der Waals surface area contributed by atoms with Crippen molar-refractivity contribution in [2.24, 2.45) is 10.9 Å².